The molecule has 0 aromatic carbocycles. The Kier molecular flexibility index (Phi) is 4.42. The first kappa shape index (κ1) is 18.9. The Hall–Kier alpha value is -2.46. The number of fused-ring (bicyclic) bond motifs is 2. The average molecular weight is 424 g/mol. The van der Waals surface area contributed by atoms with Crippen LogP contribution < -0.4 is 9.89 Å². The van der Waals surface area contributed by atoms with Gasteiger partial charge < -0.3 is 4.48 Å². The quantitative estimate of drug-likeness (QED) is 0.404. The molecule has 2 nitrogen and oxygen atoms in total. The second-order valence-corrected chi connectivity index (χ2v) is 8.13. The van der Waals surface area contributed by atoms with Crippen LogP contribution in [-0.4, -0.2) is 18.1 Å². The van der Waals surface area contributed by atoms with E-state index in [1.165, 1.54) is 29.6 Å². The topological polar surface area (TPSA) is 17.3 Å². The summed E-state index contributed by atoms with van der Waals surface area (Å²) in [6, 6.07) is 4.16. The summed E-state index contributed by atoms with van der Waals surface area (Å²) in [5.41, 5.74) is -2.12. The minimum Gasteiger partial charge on any atom is -0.324 e. The van der Waals surface area contributed by atoms with Crippen LogP contribution in [0.5, 0.6) is 0 Å². The van der Waals surface area contributed by atoms with Crippen molar-refractivity contribution in [3.63, 3.8) is 0 Å². The van der Waals surface area contributed by atoms with Crippen molar-refractivity contribution in [2.75, 3.05) is 0 Å². The number of thiophene rings is 2. The number of hydrogen-bond acceptors (Lipinski definition) is 3. The molecule has 28 heavy (non-hydrogen) atoms. The fourth-order valence-corrected chi connectivity index (χ4v) is 4.90. The molecule has 0 unspecified atom stereocenters. The van der Waals surface area contributed by atoms with Crippen molar-refractivity contribution in [1.29, 1.82) is 0 Å². The summed E-state index contributed by atoms with van der Waals surface area (Å²) in [5, 5.41) is 0.377. The third-order valence-corrected chi connectivity index (χ3v) is 6.34. The maximum Gasteiger partial charge on any atom is 0.678 e. The van der Waals surface area contributed by atoms with Crippen LogP contribution in [0.15, 0.2) is 42.0 Å². The van der Waals surface area contributed by atoms with E-state index in [0.29, 0.717) is 23.9 Å². The predicted octanol–water partition coefficient (Wildman–Crippen LogP) is 5.21. The third kappa shape index (κ3) is 2.96. The summed E-state index contributed by atoms with van der Waals surface area (Å²) in [7, 11) is -3.14. The number of aromatic nitrogens is 1. The van der Waals surface area contributed by atoms with Crippen molar-refractivity contribution in [2.24, 2.45) is 4.99 Å². The minimum atomic E-state index is -4.86. The first-order valence-corrected chi connectivity index (χ1v) is 9.56. The monoisotopic (exact) mass is 424 g/mol. The van der Waals surface area contributed by atoms with Crippen molar-refractivity contribution in [3.05, 3.63) is 62.4 Å². The van der Waals surface area contributed by atoms with Crippen LogP contribution in [0.1, 0.15) is 15.4 Å². The van der Waals surface area contributed by atoms with E-state index in [1.807, 2.05) is 0 Å². The van der Waals surface area contributed by atoms with Gasteiger partial charge in [-0.25, -0.2) is 4.99 Å². The average Bonchev–Trinajstić information content (AvgIpc) is 3.30. The van der Waals surface area contributed by atoms with Gasteiger partial charge in [0, 0.05) is 15.4 Å². The molecule has 0 N–H and O–H groups in total. The van der Waals surface area contributed by atoms with Gasteiger partial charge in [-0.15, -0.1) is 22.7 Å². The Balaban J connectivity index is 2.01. The van der Waals surface area contributed by atoms with E-state index in [1.54, 1.807) is 12.1 Å². The van der Waals surface area contributed by atoms with Crippen LogP contribution in [0.25, 0.3) is 34.0 Å². The standard InChI is InChI=1S/C18H10BF5N2S2/c1-3-9-5-11-15(27-9)7-12(25-11)17(18(20,21)22)14-8-16-13(26(14)19(23)24)6-10(4-2)28-16/h3-8H,1-2H2/b17-12+. The highest BCUT2D eigenvalue weighted by atomic mass is 32.1. The van der Waals surface area contributed by atoms with Crippen LogP contribution in [-0.2, 0) is 0 Å². The van der Waals surface area contributed by atoms with Crippen LogP contribution >= 0.6 is 22.7 Å². The van der Waals surface area contributed by atoms with E-state index in [4.69, 9.17) is 0 Å². The zero-order chi connectivity index (χ0) is 20.2. The van der Waals surface area contributed by atoms with Gasteiger partial charge in [-0.2, -0.15) is 13.2 Å². The fourth-order valence-electron chi connectivity index (χ4n) is 3.08. The molecule has 0 amide bonds. The second kappa shape index (κ2) is 6.56. The van der Waals surface area contributed by atoms with Crippen molar-refractivity contribution >= 4 is 64.1 Å². The van der Waals surface area contributed by atoms with Gasteiger partial charge in [0.25, 0.3) is 0 Å². The first-order valence-electron chi connectivity index (χ1n) is 7.93. The molecule has 10 heteroatoms. The number of rotatable bonds is 4. The highest BCUT2D eigenvalue weighted by Gasteiger charge is 2.41. The Morgan fingerprint density at radius 1 is 1.07 bits per heavy atom. The van der Waals surface area contributed by atoms with Crippen LogP contribution in [0.2, 0.25) is 0 Å². The summed E-state index contributed by atoms with van der Waals surface area (Å²) in [6.07, 6.45) is -0.534. The van der Waals surface area contributed by atoms with Gasteiger partial charge in [-0.05, 0) is 24.3 Å². The molecule has 0 spiro atoms. The SMILES string of the molecule is C=Cc1cc2c(s1)=C/C(=C(/c1cc3sc(C=C)cc3n1B(F)F)C(F)(F)F)N=2. The van der Waals surface area contributed by atoms with Crippen LogP contribution in [0.4, 0.5) is 21.8 Å². The summed E-state index contributed by atoms with van der Waals surface area (Å²) in [4.78, 5) is 5.42. The van der Waals surface area contributed by atoms with E-state index in [0.717, 1.165) is 22.3 Å². The normalized spacial score (nSPS) is 15.2. The molecule has 3 aromatic rings. The van der Waals surface area contributed by atoms with Gasteiger partial charge >= 0.3 is 13.6 Å². The van der Waals surface area contributed by atoms with Crippen molar-refractivity contribution < 1.29 is 21.8 Å². The lowest BCUT2D eigenvalue weighted by atomic mass is 10.1. The largest absolute Gasteiger partial charge is 0.678 e. The molecular weight excluding hydrogens is 414 g/mol. The minimum absolute atomic E-state index is 0.0361. The maximum atomic E-state index is 13.9. The molecule has 142 valence electrons. The van der Waals surface area contributed by atoms with Gasteiger partial charge in [0.1, 0.15) is 5.57 Å². The summed E-state index contributed by atoms with van der Waals surface area (Å²) >= 11 is 2.34. The van der Waals surface area contributed by atoms with E-state index in [2.05, 4.69) is 18.2 Å². The van der Waals surface area contributed by atoms with Crippen molar-refractivity contribution in [3.8, 4) is 0 Å². The fraction of sp³-hybridized carbons (Fsp3) is 0.0556. The second-order valence-electron chi connectivity index (χ2n) is 5.90. The number of hydrogen-bond donors (Lipinski definition) is 0. The molecule has 0 aliphatic carbocycles. The first-order chi connectivity index (χ1) is 13.2. The zero-order valence-electron chi connectivity index (χ0n) is 14.1. The molecule has 0 saturated carbocycles. The van der Waals surface area contributed by atoms with E-state index in [9.17, 15) is 21.8 Å². The molecule has 0 saturated heterocycles. The molecule has 4 rings (SSSR count). The van der Waals surface area contributed by atoms with Gasteiger partial charge in [0.2, 0.25) is 0 Å². The van der Waals surface area contributed by atoms with Gasteiger partial charge in [-0.1, -0.05) is 25.3 Å². The van der Waals surface area contributed by atoms with Crippen molar-refractivity contribution in [2.45, 2.75) is 6.18 Å². The van der Waals surface area contributed by atoms with Crippen LogP contribution in [0.3, 0.4) is 0 Å². The number of alkyl halides is 3. The summed E-state index contributed by atoms with van der Waals surface area (Å²) in [6.45, 7) is 7.19. The molecule has 1 aliphatic heterocycles. The molecule has 0 bridgehead atoms. The highest BCUT2D eigenvalue weighted by molar-refractivity contribution is 7.19. The molecule has 0 fully saturated rings. The van der Waals surface area contributed by atoms with Gasteiger partial charge in [0.15, 0.2) is 0 Å². The Labute approximate surface area is 164 Å². The van der Waals surface area contributed by atoms with Crippen LogP contribution in [0, 0.1) is 0 Å². The van der Waals surface area contributed by atoms with Gasteiger partial charge in [-0.3, -0.25) is 8.63 Å². The number of allylic oxidation sites excluding steroid dienone is 2. The molecular formula is C18H10BF5N2S2. The Bertz CT molecular complexity index is 1240. The van der Waals surface area contributed by atoms with E-state index < -0.39 is 24.8 Å². The zero-order valence-corrected chi connectivity index (χ0v) is 15.7. The van der Waals surface area contributed by atoms with E-state index in [-0.39, 0.29) is 11.2 Å². The van der Waals surface area contributed by atoms with E-state index >= 15 is 0 Å². The predicted molar refractivity (Wildman–Crippen MR) is 106 cm³/mol. The Morgan fingerprint density at radius 2 is 1.75 bits per heavy atom. The maximum absolute atomic E-state index is 13.9. The van der Waals surface area contributed by atoms with Crippen molar-refractivity contribution in [1.82, 2.24) is 4.48 Å². The lowest BCUT2D eigenvalue weighted by molar-refractivity contribution is -0.0695. The molecule has 0 atom stereocenters. The Morgan fingerprint density at radius 3 is 2.32 bits per heavy atom. The molecule has 3 aromatic heterocycles. The molecule has 1 aliphatic rings. The van der Waals surface area contributed by atoms with Gasteiger partial charge in [0.05, 0.1) is 25.8 Å². The summed E-state index contributed by atoms with van der Waals surface area (Å²) < 4.78 is 70.6. The number of nitrogens with zero attached hydrogens (tertiary/aromatic N) is 2. The third-order valence-electron chi connectivity index (χ3n) is 4.21. The summed E-state index contributed by atoms with van der Waals surface area (Å²) in [5.74, 6) is 0. The lowest BCUT2D eigenvalue weighted by Gasteiger charge is -2.15. The lowest BCUT2D eigenvalue weighted by Crippen LogP contribution is -2.21. The molecule has 4 heterocycles. The molecule has 0 radical (unpaired) electrons. The smallest absolute Gasteiger partial charge is 0.324 e. The highest BCUT2D eigenvalue weighted by Crippen LogP contribution is 2.42. The number of halogens is 5.